The van der Waals surface area contributed by atoms with Crippen LogP contribution in [0.3, 0.4) is 0 Å². The molecule has 3 aromatic rings. The van der Waals surface area contributed by atoms with Crippen LogP contribution in [-0.2, 0) is 11.3 Å². The van der Waals surface area contributed by atoms with Crippen LogP contribution in [0.2, 0.25) is 5.02 Å². The van der Waals surface area contributed by atoms with Crippen molar-refractivity contribution in [2.75, 3.05) is 12.4 Å². The molecule has 0 aliphatic rings. The molecule has 2 aromatic carbocycles. The molecule has 122 valence electrons. The van der Waals surface area contributed by atoms with Crippen molar-refractivity contribution in [3.63, 3.8) is 0 Å². The molecule has 6 heteroatoms. The Morgan fingerprint density at radius 2 is 2.00 bits per heavy atom. The zero-order chi connectivity index (χ0) is 17.1. The Bertz CT molecular complexity index is 966. The van der Waals surface area contributed by atoms with E-state index < -0.39 is 0 Å². The highest BCUT2D eigenvalue weighted by Gasteiger charge is 2.10. The van der Waals surface area contributed by atoms with Crippen LogP contribution in [0.1, 0.15) is 0 Å². The number of aromatic nitrogens is 1. The van der Waals surface area contributed by atoms with E-state index in [2.05, 4.69) is 5.32 Å². The number of fused-ring (bicyclic) bond motifs is 1. The first-order valence-corrected chi connectivity index (χ1v) is 7.68. The summed E-state index contributed by atoms with van der Waals surface area (Å²) >= 11 is 5.95. The van der Waals surface area contributed by atoms with E-state index in [1.807, 2.05) is 18.2 Å². The molecular formula is C18H15ClN2O3. The summed E-state index contributed by atoms with van der Waals surface area (Å²) in [7, 11) is 1.51. The normalized spacial score (nSPS) is 10.6. The zero-order valence-corrected chi connectivity index (χ0v) is 13.7. The van der Waals surface area contributed by atoms with Crippen LogP contribution >= 0.6 is 11.6 Å². The fourth-order valence-electron chi connectivity index (χ4n) is 2.48. The third kappa shape index (κ3) is 3.26. The Hall–Kier alpha value is -2.79. The van der Waals surface area contributed by atoms with Gasteiger partial charge in [0.1, 0.15) is 12.3 Å². The molecule has 0 aliphatic carbocycles. The van der Waals surface area contributed by atoms with Crippen LogP contribution in [0.4, 0.5) is 5.69 Å². The van der Waals surface area contributed by atoms with Crippen LogP contribution in [-0.4, -0.2) is 17.6 Å². The first-order chi connectivity index (χ1) is 11.6. The van der Waals surface area contributed by atoms with Gasteiger partial charge in [-0.3, -0.25) is 9.59 Å². The predicted molar refractivity (Wildman–Crippen MR) is 94.8 cm³/mol. The first-order valence-electron chi connectivity index (χ1n) is 7.30. The lowest BCUT2D eigenvalue weighted by atomic mass is 10.2. The van der Waals surface area contributed by atoms with Gasteiger partial charge in [0.25, 0.3) is 5.56 Å². The van der Waals surface area contributed by atoms with Gasteiger partial charge in [-0.05, 0) is 35.7 Å². The first kappa shape index (κ1) is 16.1. The molecule has 0 radical (unpaired) electrons. The van der Waals surface area contributed by atoms with Crippen molar-refractivity contribution in [3.05, 3.63) is 70.1 Å². The van der Waals surface area contributed by atoms with Crippen molar-refractivity contribution in [3.8, 4) is 5.75 Å². The molecule has 0 unspecified atom stereocenters. The molecule has 0 atom stereocenters. The number of rotatable bonds is 4. The smallest absolute Gasteiger partial charge is 0.258 e. The maximum atomic E-state index is 12.4. The quantitative estimate of drug-likeness (QED) is 0.791. The third-order valence-electron chi connectivity index (χ3n) is 3.64. The maximum absolute atomic E-state index is 12.4. The minimum Gasteiger partial charge on any atom is -0.495 e. The van der Waals surface area contributed by atoms with Gasteiger partial charge in [-0.2, -0.15) is 0 Å². The molecule has 1 N–H and O–H groups in total. The number of pyridine rings is 1. The average Bonchev–Trinajstić information content (AvgIpc) is 2.58. The summed E-state index contributed by atoms with van der Waals surface area (Å²) in [5.74, 6) is 0.159. The van der Waals surface area contributed by atoms with E-state index in [0.717, 1.165) is 5.39 Å². The summed E-state index contributed by atoms with van der Waals surface area (Å²) in [4.78, 5) is 24.7. The number of nitrogens with zero attached hydrogens (tertiary/aromatic N) is 1. The highest BCUT2D eigenvalue weighted by atomic mass is 35.5. The number of nitrogens with one attached hydrogen (secondary N) is 1. The molecule has 0 bridgehead atoms. The van der Waals surface area contributed by atoms with Gasteiger partial charge in [0.15, 0.2) is 0 Å². The second kappa shape index (κ2) is 6.76. The number of ether oxygens (including phenoxy) is 1. The third-order valence-corrected chi connectivity index (χ3v) is 3.87. The molecule has 0 aliphatic heterocycles. The Balaban J connectivity index is 1.84. The monoisotopic (exact) mass is 342 g/mol. The van der Waals surface area contributed by atoms with E-state index in [-0.39, 0.29) is 18.0 Å². The van der Waals surface area contributed by atoms with Gasteiger partial charge in [0, 0.05) is 16.6 Å². The van der Waals surface area contributed by atoms with Crippen molar-refractivity contribution in [1.82, 2.24) is 4.57 Å². The highest BCUT2D eigenvalue weighted by Crippen LogP contribution is 2.27. The van der Waals surface area contributed by atoms with Crippen LogP contribution in [0, 0.1) is 0 Å². The lowest BCUT2D eigenvalue weighted by Crippen LogP contribution is -2.27. The van der Waals surface area contributed by atoms with E-state index in [9.17, 15) is 9.59 Å². The van der Waals surface area contributed by atoms with E-state index in [1.54, 1.807) is 36.5 Å². The number of hydrogen-bond donors (Lipinski definition) is 1. The summed E-state index contributed by atoms with van der Waals surface area (Å²) in [6.07, 6.45) is 1.61. The number of carbonyl (C=O) groups excluding carboxylic acids is 1. The lowest BCUT2D eigenvalue weighted by molar-refractivity contribution is -0.116. The van der Waals surface area contributed by atoms with Gasteiger partial charge in [0.05, 0.1) is 12.8 Å². The van der Waals surface area contributed by atoms with E-state index >= 15 is 0 Å². The van der Waals surface area contributed by atoms with Crippen LogP contribution in [0.25, 0.3) is 10.8 Å². The number of hydrogen-bond acceptors (Lipinski definition) is 3. The van der Waals surface area contributed by atoms with E-state index in [1.165, 1.54) is 11.7 Å². The second-order valence-electron chi connectivity index (χ2n) is 5.23. The minimum absolute atomic E-state index is 0.0979. The molecule has 1 heterocycles. The van der Waals surface area contributed by atoms with E-state index in [4.69, 9.17) is 16.3 Å². The Kier molecular flexibility index (Phi) is 4.53. The van der Waals surface area contributed by atoms with Gasteiger partial charge in [-0.1, -0.05) is 29.8 Å². The van der Waals surface area contributed by atoms with Crippen molar-refractivity contribution < 1.29 is 9.53 Å². The van der Waals surface area contributed by atoms with Crippen molar-refractivity contribution in [2.45, 2.75) is 6.54 Å². The average molecular weight is 343 g/mol. The molecule has 1 aromatic heterocycles. The fraction of sp³-hybridized carbons (Fsp3) is 0.111. The molecule has 0 saturated heterocycles. The maximum Gasteiger partial charge on any atom is 0.258 e. The van der Waals surface area contributed by atoms with Gasteiger partial charge < -0.3 is 14.6 Å². The van der Waals surface area contributed by atoms with Crippen LogP contribution in [0.5, 0.6) is 5.75 Å². The van der Waals surface area contributed by atoms with Crippen LogP contribution < -0.4 is 15.6 Å². The van der Waals surface area contributed by atoms with Crippen molar-refractivity contribution in [1.29, 1.82) is 0 Å². The number of halogens is 1. The molecule has 1 amide bonds. The van der Waals surface area contributed by atoms with Gasteiger partial charge in [-0.25, -0.2) is 0 Å². The molecule has 24 heavy (non-hydrogen) atoms. The van der Waals surface area contributed by atoms with Crippen molar-refractivity contribution in [2.24, 2.45) is 0 Å². The summed E-state index contributed by atoms with van der Waals surface area (Å²) in [6.45, 7) is -0.0979. The zero-order valence-electron chi connectivity index (χ0n) is 13.0. The topological polar surface area (TPSA) is 60.3 Å². The standard InChI is InChI=1S/C18H15ClN2O3/c1-24-16-7-6-13(19)10-15(16)20-17(22)11-21-9-8-12-4-2-3-5-14(12)18(21)23/h2-10H,11H2,1H3,(H,20,22). The van der Waals surface area contributed by atoms with Crippen molar-refractivity contribution >= 4 is 34.0 Å². The summed E-state index contributed by atoms with van der Waals surface area (Å²) in [6, 6.07) is 14.0. The Morgan fingerprint density at radius 3 is 2.79 bits per heavy atom. The molecule has 0 saturated carbocycles. The number of benzene rings is 2. The summed E-state index contributed by atoms with van der Waals surface area (Å²) in [5.41, 5.74) is 0.255. The molecule has 3 rings (SSSR count). The fourth-order valence-corrected chi connectivity index (χ4v) is 2.65. The minimum atomic E-state index is -0.340. The highest BCUT2D eigenvalue weighted by molar-refractivity contribution is 6.31. The van der Waals surface area contributed by atoms with E-state index in [0.29, 0.717) is 21.8 Å². The number of methoxy groups -OCH3 is 1. The SMILES string of the molecule is COc1ccc(Cl)cc1NC(=O)Cn1ccc2ccccc2c1=O. The van der Waals surface area contributed by atoms with Gasteiger partial charge in [-0.15, -0.1) is 0 Å². The predicted octanol–water partition coefficient (Wildman–Crippen LogP) is 3.30. The second-order valence-corrected chi connectivity index (χ2v) is 5.67. The lowest BCUT2D eigenvalue weighted by Gasteiger charge is -2.11. The summed E-state index contributed by atoms with van der Waals surface area (Å²) in [5, 5.41) is 4.62. The summed E-state index contributed by atoms with van der Waals surface area (Å²) < 4.78 is 6.56. The van der Waals surface area contributed by atoms with Crippen LogP contribution in [0.15, 0.2) is 59.5 Å². The number of amides is 1. The molecular weight excluding hydrogens is 328 g/mol. The van der Waals surface area contributed by atoms with Gasteiger partial charge >= 0.3 is 0 Å². The van der Waals surface area contributed by atoms with Gasteiger partial charge in [0.2, 0.25) is 5.91 Å². The Labute approximate surface area is 143 Å². The Morgan fingerprint density at radius 1 is 1.21 bits per heavy atom. The largest absolute Gasteiger partial charge is 0.495 e. The molecule has 0 fully saturated rings. The number of carbonyl (C=O) groups is 1. The molecule has 5 nitrogen and oxygen atoms in total. The molecule has 0 spiro atoms. The number of anilines is 1.